The number of carbonyl (C=O) groups excluding carboxylic acids is 2. The second-order valence-corrected chi connectivity index (χ2v) is 10.0. The molecule has 2 aromatic rings. The molecule has 0 radical (unpaired) electrons. The molecule has 32 heavy (non-hydrogen) atoms. The van der Waals surface area contributed by atoms with Crippen molar-refractivity contribution >= 4 is 21.8 Å². The molecule has 0 aliphatic carbocycles. The van der Waals surface area contributed by atoms with Crippen molar-refractivity contribution in [2.45, 2.75) is 50.0 Å². The lowest BCUT2D eigenvalue weighted by atomic mass is 10.0. The van der Waals surface area contributed by atoms with Crippen molar-refractivity contribution in [2.24, 2.45) is 0 Å². The Labute approximate surface area is 190 Å². The molecule has 2 amide bonds. The van der Waals surface area contributed by atoms with Crippen LogP contribution in [0.25, 0.3) is 0 Å². The topological polar surface area (TPSA) is 95.6 Å². The van der Waals surface area contributed by atoms with Crippen LogP contribution in [0.5, 0.6) is 0 Å². The van der Waals surface area contributed by atoms with E-state index in [4.69, 9.17) is 0 Å². The highest BCUT2D eigenvalue weighted by Crippen LogP contribution is 2.27. The molecule has 1 fully saturated rings. The maximum absolute atomic E-state index is 13.1. The third-order valence-corrected chi connectivity index (χ3v) is 7.68. The second-order valence-electron chi connectivity index (χ2n) is 8.11. The van der Waals surface area contributed by atoms with Crippen molar-refractivity contribution in [1.29, 1.82) is 0 Å². The molecule has 2 aromatic carbocycles. The molecule has 7 nitrogen and oxygen atoms in total. The van der Waals surface area contributed by atoms with E-state index in [9.17, 15) is 18.0 Å². The summed E-state index contributed by atoms with van der Waals surface area (Å²) in [6, 6.07) is 16.4. The predicted molar refractivity (Wildman–Crippen MR) is 123 cm³/mol. The normalized spacial score (nSPS) is 17.0. The van der Waals surface area contributed by atoms with Gasteiger partial charge in [0.2, 0.25) is 10.0 Å². The first kappa shape index (κ1) is 23.9. The number of hydrogen-bond donors (Lipinski definition) is 2. The van der Waals surface area contributed by atoms with Gasteiger partial charge in [0.1, 0.15) is 0 Å². The lowest BCUT2D eigenvalue weighted by Gasteiger charge is -2.34. The number of piperidine rings is 1. The van der Waals surface area contributed by atoms with Crippen molar-refractivity contribution in [3.63, 3.8) is 0 Å². The summed E-state index contributed by atoms with van der Waals surface area (Å²) < 4.78 is 27.8. The molecule has 0 saturated carbocycles. The molecule has 1 atom stereocenters. The van der Waals surface area contributed by atoms with Crippen LogP contribution >= 0.6 is 0 Å². The van der Waals surface area contributed by atoms with E-state index in [1.807, 2.05) is 37.3 Å². The summed E-state index contributed by atoms with van der Waals surface area (Å²) >= 11 is 0. The number of amides is 2. The SMILES string of the molecule is Cc1ccc(S(=O)(=O)N2CCCC[C@@H]2CCNC(=O)C(=O)NCCc2ccccc2)cc1. The van der Waals surface area contributed by atoms with Gasteiger partial charge in [0.05, 0.1) is 4.90 Å². The van der Waals surface area contributed by atoms with Gasteiger partial charge in [-0.3, -0.25) is 9.59 Å². The summed E-state index contributed by atoms with van der Waals surface area (Å²) in [4.78, 5) is 24.4. The molecule has 1 heterocycles. The van der Waals surface area contributed by atoms with Crippen molar-refractivity contribution in [2.75, 3.05) is 19.6 Å². The number of sulfonamides is 1. The number of hydrogen-bond acceptors (Lipinski definition) is 4. The first-order chi connectivity index (χ1) is 15.4. The van der Waals surface area contributed by atoms with Gasteiger partial charge in [-0.25, -0.2) is 8.42 Å². The van der Waals surface area contributed by atoms with E-state index in [1.165, 1.54) is 0 Å². The molecule has 8 heteroatoms. The molecule has 1 saturated heterocycles. The Bertz CT molecular complexity index is 1010. The first-order valence-electron chi connectivity index (χ1n) is 11.1. The lowest BCUT2D eigenvalue weighted by molar-refractivity contribution is -0.139. The summed E-state index contributed by atoms with van der Waals surface area (Å²) in [6.45, 7) is 3.01. The van der Waals surface area contributed by atoms with Gasteiger partial charge in [0.25, 0.3) is 0 Å². The zero-order valence-electron chi connectivity index (χ0n) is 18.4. The van der Waals surface area contributed by atoms with Crippen LogP contribution in [-0.4, -0.2) is 50.2 Å². The summed E-state index contributed by atoms with van der Waals surface area (Å²) in [5.74, 6) is -1.37. The van der Waals surface area contributed by atoms with E-state index >= 15 is 0 Å². The van der Waals surface area contributed by atoms with Gasteiger partial charge in [-0.05, 0) is 50.3 Å². The fraction of sp³-hybridized carbons (Fsp3) is 0.417. The summed E-state index contributed by atoms with van der Waals surface area (Å²) in [6.07, 6.45) is 3.61. The Morgan fingerprint density at radius 3 is 2.28 bits per heavy atom. The molecule has 3 rings (SSSR count). The highest BCUT2D eigenvalue weighted by Gasteiger charge is 2.33. The summed E-state index contributed by atoms with van der Waals surface area (Å²) in [5.41, 5.74) is 2.09. The molecular formula is C24H31N3O4S. The zero-order chi connectivity index (χ0) is 23.0. The number of nitrogens with one attached hydrogen (secondary N) is 2. The molecule has 0 bridgehead atoms. The third kappa shape index (κ3) is 6.40. The van der Waals surface area contributed by atoms with Gasteiger partial charge in [-0.15, -0.1) is 0 Å². The van der Waals surface area contributed by atoms with Crippen LogP contribution in [0.3, 0.4) is 0 Å². The van der Waals surface area contributed by atoms with E-state index in [0.717, 1.165) is 30.4 Å². The van der Waals surface area contributed by atoms with E-state index in [1.54, 1.807) is 28.6 Å². The quantitative estimate of drug-likeness (QED) is 0.595. The number of aryl methyl sites for hydroxylation is 1. The zero-order valence-corrected chi connectivity index (χ0v) is 19.2. The smallest absolute Gasteiger partial charge is 0.309 e. The number of benzene rings is 2. The third-order valence-electron chi connectivity index (χ3n) is 5.71. The fourth-order valence-corrected chi connectivity index (χ4v) is 5.63. The van der Waals surface area contributed by atoms with E-state index in [0.29, 0.717) is 25.9 Å². The predicted octanol–water partition coefficient (Wildman–Crippen LogP) is 2.40. The minimum absolute atomic E-state index is 0.198. The number of nitrogens with zero attached hydrogens (tertiary/aromatic N) is 1. The van der Waals surface area contributed by atoms with Gasteiger partial charge in [0.15, 0.2) is 0 Å². The molecule has 0 aromatic heterocycles. The van der Waals surface area contributed by atoms with Crippen molar-refractivity contribution in [3.8, 4) is 0 Å². The largest absolute Gasteiger partial charge is 0.348 e. The molecular weight excluding hydrogens is 426 g/mol. The monoisotopic (exact) mass is 457 g/mol. The maximum atomic E-state index is 13.1. The lowest BCUT2D eigenvalue weighted by Crippen LogP contribution is -2.46. The van der Waals surface area contributed by atoms with Gasteiger partial charge < -0.3 is 10.6 Å². The minimum Gasteiger partial charge on any atom is -0.348 e. The van der Waals surface area contributed by atoms with Gasteiger partial charge in [-0.1, -0.05) is 54.4 Å². The van der Waals surface area contributed by atoms with Crippen molar-refractivity contribution < 1.29 is 18.0 Å². The van der Waals surface area contributed by atoms with Crippen LogP contribution in [-0.2, 0) is 26.0 Å². The van der Waals surface area contributed by atoms with E-state index in [2.05, 4.69) is 10.6 Å². The molecule has 0 spiro atoms. The van der Waals surface area contributed by atoms with Gasteiger partial charge >= 0.3 is 11.8 Å². The summed E-state index contributed by atoms with van der Waals surface area (Å²) in [7, 11) is -3.59. The van der Waals surface area contributed by atoms with Crippen molar-refractivity contribution in [1.82, 2.24) is 14.9 Å². The highest BCUT2D eigenvalue weighted by atomic mass is 32.2. The fourth-order valence-electron chi connectivity index (χ4n) is 3.90. The van der Waals surface area contributed by atoms with Gasteiger partial charge in [0, 0.05) is 25.7 Å². The van der Waals surface area contributed by atoms with Crippen LogP contribution in [0.2, 0.25) is 0 Å². The van der Waals surface area contributed by atoms with Crippen molar-refractivity contribution in [3.05, 3.63) is 65.7 Å². The average Bonchev–Trinajstić information content (AvgIpc) is 2.80. The van der Waals surface area contributed by atoms with Crippen LogP contribution in [0, 0.1) is 6.92 Å². The Morgan fingerprint density at radius 1 is 0.938 bits per heavy atom. The minimum atomic E-state index is -3.59. The van der Waals surface area contributed by atoms with Crippen LogP contribution in [0.1, 0.15) is 36.8 Å². The molecule has 1 aliphatic heterocycles. The molecule has 0 unspecified atom stereocenters. The summed E-state index contributed by atoms with van der Waals surface area (Å²) in [5, 5.41) is 5.25. The van der Waals surface area contributed by atoms with Gasteiger partial charge in [-0.2, -0.15) is 4.31 Å². The Balaban J connectivity index is 1.48. The highest BCUT2D eigenvalue weighted by molar-refractivity contribution is 7.89. The van der Waals surface area contributed by atoms with E-state index < -0.39 is 21.8 Å². The van der Waals surface area contributed by atoms with Crippen LogP contribution in [0.15, 0.2) is 59.5 Å². The molecule has 1 aliphatic rings. The van der Waals surface area contributed by atoms with Crippen LogP contribution < -0.4 is 10.6 Å². The average molecular weight is 458 g/mol. The Hall–Kier alpha value is -2.71. The first-order valence-corrected chi connectivity index (χ1v) is 12.5. The molecule has 172 valence electrons. The Morgan fingerprint density at radius 2 is 1.59 bits per heavy atom. The number of rotatable bonds is 8. The van der Waals surface area contributed by atoms with Crippen LogP contribution in [0.4, 0.5) is 0 Å². The Kier molecular flexibility index (Phi) is 8.41. The van der Waals surface area contributed by atoms with E-state index in [-0.39, 0.29) is 17.5 Å². The standard InChI is InChI=1S/C24H31N3O4S/c1-19-10-12-22(13-11-19)32(30,31)27-18-6-5-9-21(27)15-17-26-24(29)23(28)25-16-14-20-7-3-2-4-8-20/h2-4,7-8,10-13,21H,5-6,9,14-18H2,1H3,(H,25,28)(H,26,29)/t21-/m1/s1. The number of carbonyl (C=O) groups is 2. The second kappa shape index (κ2) is 11.2. The maximum Gasteiger partial charge on any atom is 0.309 e. The molecule has 2 N–H and O–H groups in total.